The highest BCUT2D eigenvalue weighted by molar-refractivity contribution is 5.48. The molecule has 0 saturated heterocycles. The van der Waals surface area contributed by atoms with Crippen LogP contribution in [0, 0.1) is 5.82 Å². The van der Waals surface area contributed by atoms with E-state index in [0.717, 1.165) is 12.1 Å². The van der Waals surface area contributed by atoms with Gasteiger partial charge in [-0.2, -0.15) is 13.2 Å². The zero-order valence-corrected chi connectivity index (χ0v) is 9.27. The Labute approximate surface area is 96.6 Å². The Kier molecular flexibility index (Phi) is 4.74. The number of ether oxygens (including phenoxy) is 1. The second-order valence-electron chi connectivity index (χ2n) is 3.32. The summed E-state index contributed by atoms with van der Waals surface area (Å²) in [5.74, 6) is -0.713. The van der Waals surface area contributed by atoms with E-state index < -0.39 is 17.6 Å². The minimum Gasteiger partial charge on any atom is -0.380 e. The molecule has 0 saturated carbocycles. The van der Waals surface area contributed by atoms with Gasteiger partial charge in [0, 0.05) is 13.2 Å². The molecule has 0 aliphatic heterocycles. The highest BCUT2D eigenvalue weighted by Crippen LogP contribution is 2.31. The molecule has 0 aliphatic rings. The van der Waals surface area contributed by atoms with Crippen LogP contribution in [0.5, 0.6) is 0 Å². The average Bonchev–Trinajstić information content (AvgIpc) is 2.25. The quantitative estimate of drug-likeness (QED) is 0.640. The van der Waals surface area contributed by atoms with E-state index in [1.165, 1.54) is 0 Å². The fraction of sp³-hybridized carbons (Fsp3) is 0.455. The van der Waals surface area contributed by atoms with Gasteiger partial charge in [0.2, 0.25) is 0 Å². The number of alkyl halides is 3. The lowest BCUT2D eigenvalue weighted by Gasteiger charge is -2.11. The van der Waals surface area contributed by atoms with Crippen molar-refractivity contribution in [1.29, 1.82) is 0 Å². The van der Waals surface area contributed by atoms with E-state index in [-0.39, 0.29) is 12.2 Å². The van der Waals surface area contributed by atoms with Crippen molar-refractivity contribution in [1.82, 2.24) is 0 Å². The summed E-state index contributed by atoms with van der Waals surface area (Å²) in [5, 5.41) is 2.56. The first kappa shape index (κ1) is 13.8. The molecule has 0 aromatic heterocycles. The lowest BCUT2D eigenvalue weighted by molar-refractivity contribution is -0.137. The highest BCUT2D eigenvalue weighted by Gasteiger charge is 2.31. The number of benzene rings is 1. The smallest absolute Gasteiger partial charge is 0.380 e. The van der Waals surface area contributed by atoms with Crippen LogP contribution in [0.15, 0.2) is 18.2 Å². The molecular weight excluding hydrogens is 238 g/mol. The van der Waals surface area contributed by atoms with E-state index in [4.69, 9.17) is 4.74 Å². The maximum atomic E-state index is 13.2. The molecule has 1 rings (SSSR count). The second-order valence-corrected chi connectivity index (χ2v) is 3.32. The summed E-state index contributed by atoms with van der Waals surface area (Å²) < 4.78 is 55.3. The summed E-state index contributed by atoms with van der Waals surface area (Å²) in [7, 11) is 0. The Morgan fingerprint density at radius 1 is 1.29 bits per heavy atom. The van der Waals surface area contributed by atoms with E-state index in [0.29, 0.717) is 19.3 Å². The molecule has 0 radical (unpaired) electrons. The number of rotatable bonds is 5. The van der Waals surface area contributed by atoms with Gasteiger partial charge in [-0.3, -0.25) is 0 Å². The van der Waals surface area contributed by atoms with Gasteiger partial charge in [-0.05, 0) is 25.1 Å². The van der Waals surface area contributed by atoms with Crippen molar-refractivity contribution in [2.45, 2.75) is 13.1 Å². The predicted octanol–water partition coefficient (Wildman–Crippen LogP) is 3.29. The fourth-order valence-corrected chi connectivity index (χ4v) is 1.24. The molecular formula is C11H13F4NO. The molecule has 0 fully saturated rings. The van der Waals surface area contributed by atoms with Crippen molar-refractivity contribution in [3.8, 4) is 0 Å². The molecule has 0 heterocycles. The fourth-order valence-electron chi connectivity index (χ4n) is 1.24. The lowest BCUT2D eigenvalue weighted by atomic mass is 10.2. The highest BCUT2D eigenvalue weighted by atomic mass is 19.4. The van der Waals surface area contributed by atoms with E-state index >= 15 is 0 Å². The van der Waals surface area contributed by atoms with Crippen LogP contribution in [0.4, 0.5) is 23.2 Å². The second kappa shape index (κ2) is 5.86. The van der Waals surface area contributed by atoms with E-state index in [2.05, 4.69) is 5.32 Å². The number of nitrogens with one attached hydrogen (secondary N) is 1. The van der Waals surface area contributed by atoms with Crippen LogP contribution in [0.1, 0.15) is 12.5 Å². The zero-order valence-electron chi connectivity index (χ0n) is 9.27. The van der Waals surface area contributed by atoms with Crippen molar-refractivity contribution in [2.75, 3.05) is 25.1 Å². The van der Waals surface area contributed by atoms with Crippen molar-refractivity contribution in [3.63, 3.8) is 0 Å². The Balaban J connectivity index is 2.70. The van der Waals surface area contributed by atoms with Gasteiger partial charge in [-0.25, -0.2) is 4.39 Å². The minimum atomic E-state index is -4.47. The molecule has 96 valence electrons. The largest absolute Gasteiger partial charge is 0.416 e. The first-order valence-electron chi connectivity index (χ1n) is 5.13. The Hall–Kier alpha value is -1.30. The molecule has 17 heavy (non-hydrogen) atoms. The van der Waals surface area contributed by atoms with Crippen LogP contribution in [-0.4, -0.2) is 19.8 Å². The van der Waals surface area contributed by atoms with Crippen LogP contribution in [0.2, 0.25) is 0 Å². The summed E-state index contributed by atoms with van der Waals surface area (Å²) in [6, 6.07) is 2.26. The van der Waals surface area contributed by atoms with Crippen molar-refractivity contribution < 1.29 is 22.3 Å². The molecule has 0 spiro atoms. The summed E-state index contributed by atoms with van der Waals surface area (Å²) in [6.07, 6.45) is -4.47. The van der Waals surface area contributed by atoms with E-state index in [1.807, 2.05) is 0 Å². The van der Waals surface area contributed by atoms with Gasteiger partial charge in [0.15, 0.2) is 0 Å². The first-order valence-corrected chi connectivity index (χ1v) is 5.13. The van der Waals surface area contributed by atoms with Crippen LogP contribution >= 0.6 is 0 Å². The molecule has 0 atom stereocenters. The summed E-state index contributed by atoms with van der Waals surface area (Å²) >= 11 is 0. The zero-order chi connectivity index (χ0) is 12.9. The van der Waals surface area contributed by atoms with Crippen molar-refractivity contribution in [3.05, 3.63) is 29.6 Å². The third kappa shape index (κ3) is 4.22. The molecule has 0 unspecified atom stereocenters. The molecule has 2 nitrogen and oxygen atoms in total. The molecule has 1 aromatic rings. The topological polar surface area (TPSA) is 21.3 Å². The number of hydrogen-bond donors (Lipinski definition) is 1. The molecule has 0 bridgehead atoms. The van der Waals surface area contributed by atoms with Gasteiger partial charge in [0.1, 0.15) is 5.82 Å². The van der Waals surface area contributed by atoms with Gasteiger partial charge in [-0.15, -0.1) is 0 Å². The van der Waals surface area contributed by atoms with Gasteiger partial charge in [0.05, 0.1) is 17.9 Å². The van der Waals surface area contributed by atoms with Crippen LogP contribution in [-0.2, 0) is 10.9 Å². The van der Waals surface area contributed by atoms with Gasteiger partial charge in [0.25, 0.3) is 0 Å². The van der Waals surface area contributed by atoms with Crippen LogP contribution in [0.3, 0.4) is 0 Å². The summed E-state index contributed by atoms with van der Waals surface area (Å²) in [6.45, 7) is 2.87. The van der Waals surface area contributed by atoms with E-state index in [9.17, 15) is 17.6 Å². The molecule has 0 aliphatic carbocycles. The lowest BCUT2D eigenvalue weighted by Crippen LogP contribution is -2.12. The third-order valence-electron chi connectivity index (χ3n) is 2.06. The Morgan fingerprint density at radius 2 is 2.00 bits per heavy atom. The normalized spacial score (nSPS) is 11.6. The third-order valence-corrected chi connectivity index (χ3v) is 2.06. The van der Waals surface area contributed by atoms with Crippen molar-refractivity contribution >= 4 is 5.69 Å². The Morgan fingerprint density at radius 3 is 2.59 bits per heavy atom. The number of hydrogen-bond acceptors (Lipinski definition) is 2. The molecule has 0 amide bonds. The van der Waals surface area contributed by atoms with Crippen LogP contribution in [0.25, 0.3) is 0 Å². The van der Waals surface area contributed by atoms with E-state index in [1.54, 1.807) is 6.92 Å². The SMILES string of the molecule is CCOCCNc1cc(C(F)(F)F)ccc1F. The molecule has 1 N–H and O–H groups in total. The Bertz CT molecular complexity index is 365. The number of anilines is 1. The van der Waals surface area contributed by atoms with Gasteiger partial charge < -0.3 is 10.1 Å². The van der Waals surface area contributed by atoms with Crippen molar-refractivity contribution in [2.24, 2.45) is 0 Å². The van der Waals surface area contributed by atoms with Crippen LogP contribution < -0.4 is 5.32 Å². The van der Waals surface area contributed by atoms with Gasteiger partial charge >= 0.3 is 6.18 Å². The average molecular weight is 251 g/mol. The maximum Gasteiger partial charge on any atom is 0.416 e. The minimum absolute atomic E-state index is 0.167. The molecule has 1 aromatic carbocycles. The number of halogens is 4. The maximum absolute atomic E-state index is 13.2. The summed E-state index contributed by atoms with van der Waals surface area (Å²) in [4.78, 5) is 0. The van der Waals surface area contributed by atoms with Gasteiger partial charge in [-0.1, -0.05) is 0 Å². The first-order chi connectivity index (χ1) is 7.95. The summed E-state index contributed by atoms with van der Waals surface area (Å²) in [5.41, 5.74) is -1.04. The monoisotopic (exact) mass is 251 g/mol. The standard InChI is InChI=1S/C11H13F4NO/c1-2-17-6-5-16-10-7-8(11(13,14)15)3-4-9(10)12/h3-4,7,16H,2,5-6H2,1H3. The molecule has 6 heteroatoms. The predicted molar refractivity (Wildman–Crippen MR) is 56.4 cm³/mol.